The van der Waals surface area contributed by atoms with Crippen LogP contribution in [0.4, 0.5) is 0 Å². The molecule has 1 aliphatic rings. The lowest BCUT2D eigenvalue weighted by Gasteiger charge is -2.08. The molecule has 0 aromatic rings. The normalized spacial score (nSPS) is 18.3. The zero-order chi connectivity index (χ0) is 6.69. The van der Waals surface area contributed by atoms with Crippen molar-refractivity contribution in [2.45, 2.75) is 12.8 Å². The van der Waals surface area contributed by atoms with E-state index in [1.165, 1.54) is 0 Å². The summed E-state index contributed by atoms with van der Waals surface area (Å²) in [4.78, 5) is 4.51. The van der Waals surface area contributed by atoms with Crippen LogP contribution in [0.5, 0.6) is 0 Å². The van der Waals surface area contributed by atoms with Crippen LogP contribution in [0.3, 0.4) is 0 Å². The first kappa shape index (κ1) is 6.16. The molecule has 0 saturated heterocycles. The molecule has 0 bridgehead atoms. The van der Waals surface area contributed by atoms with Gasteiger partial charge in [-0.25, -0.2) is 0 Å². The summed E-state index contributed by atoms with van der Waals surface area (Å²) in [6.07, 6.45) is 5.59. The second-order valence-corrected chi connectivity index (χ2v) is 1.94. The Morgan fingerprint density at radius 1 is 1.56 bits per heavy atom. The Morgan fingerprint density at radius 2 is 2.33 bits per heavy atom. The number of nitrogens with two attached hydrogens (primary N) is 2. The number of rotatable bonds is 1. The summed E-state index contributed by atoms with van der Waals surface area (Å²) >= 11 is 0. The molecule has 0 radical (unpaired) electrons. The van der Waals surface area contributed by atoms with Gasteiger partial charge in [-0.2, -0.15) is 5.90 Å². The van der Waals surface area contributed by atoms with Crippen LogP contribution in [0.25, 0.3) is 0 Å². The van der Waals surface area contributed by atoms with E-state index in [0.29, 0.717) is 11.5 Å². The van der Waals surface area contributed by atoms with Crippen molar-refractivity contribution in [3.05, 3.63) is 23.6 Å². The van der Waals surface area contributed by atoms with Gasteiger partial charge in [0.15, 0.2) is 0 Å². The Balaban J connectivity index is 2.72. The molecule has 0 unspecified atom stereocenters. The van der Waals surface area contributed by atoms with Crippen molar-refractivity contribution in [1.29, 1.82) is 0 Å². The van der Waals surface area contributed by atoms with Crippen LogP contribution < -0.4 is 11.6 Å². The Kier molecular flexibility index (Phi) is 1.75. The molecule has 0 aliphatic heterocycles. The maximum Gasteiger partial charge on any atom is 0.147 e. The largest absolute Gasteiger partial charge is 0.414 e. The molecule has 0 aromatic heterocycles. The Bertz CT molecular complexity index is 160. The van der Waals surface area contributed by atoms with E-state index >= 15 is 0 Å². The van der Waals surface area contributed by atoms with Crippen molar-refractivity contribution in [3.63, 3.8) is 0 Å². The lowest BCUT2D eigenvalue weighted by Crippen LogP contribution is -2.09. The van der Waals surface area contributed by atoms with Crippen molar-refractivity contribution in [1.82, 2.24) is 0 Å². The first-order valence-corrected chi connectivity index (χ1v) is 2.86. The van der Waals surface area contributed by atoms with E-state index in [9.17, 15) is 0 Å². The van der Waals surface area contributed by atoms with Gasteiger partial charge in [-0.3, -0.25) is 0 Å². The predicted molar refractivity (Wildman–Crippen MR) is 34.9 cm³/mol. The van der Waals surface area contributed by atoms with E-state index < -0.39 is 0 Å². The van der Waals surface area contributed by atoms with Crippen LogP contribution in [0.1, 0.15) is 12.8 Å². The van der Waals surface area contributed by atoms with Crippen LogP contribution in [0, 0.1) is 0 Å². The molecule has 0 saturated carbocycles. The van der Waals surface area contributed by atoms with E-state index in [1.54, 1.807) is 0 Å². The summed E-state index contributed by atoms with van der Waals surface area (Å²) in [6.45, 7) is 0. The standard InChI is InChI=1S/C6H10N2O/c7-5-3-1-2-4-6(5)9-8/h1,3H,2,4,7-8H2. The Hall–Kier alpha value is -0.960. The maximum atomic E-state index is 5.48. The Morgan fingerprint density at radius 3 is 2.78 bits per heavy atom. The topological polar surface area (TPSA) is 61.3 Å². The van der Waals surface area contributed by atoms with Crippen molar-refractivity contribution < 1.29 is 4.84 Å². The fraction of sp³-hybridized carbons (Fsp3) is 0.333. The smallest absolute Gasteiger partial charge is 0.147 e. The van der Waals surface area contributed by atoms with E-state index in [4.69, 9.17) is 11.6 Å². The molecule has 3 heteroatoms. The molecular weight excluding hydrogens is 116 g/mol. The highest BCUT2D eigenvalue weighted by molar-refractivity contribution is 5.22. The van der Waals surface area contributed by atoms with Crippen molar-refractivity contribution in [2.24, 2.45) is 11.6 Å². The number of allylic oxidation sites excluding steroid dienone is 3. The Labute approximate surface area is 53.9 Å². The molecule has 0 heterocycles. The summed E-state index contributed by atoms with van der Waals surface area (Å²) in [5.74, 6) is 5.61. The van der Waals surface area contributed by atoms with Gasteiger partial charge >= 0.3 is 0 Å². The molecule has 9 heavy (non-hydrogen) atoms. The summed E-state index contributed by atoms with van der Waals surface area (Å²) in [5, 5.41) is 0. The van der Waals surface area contributed by atoms with E-state index in [2.05, 4.69) is 4.84 Å². The summed E-state index contributed by atoms with van der Waals surface area (Å²) in [5.41, 5.74) is 6.12. The molecule has 0 aromatic carbocycles. The third kappa shape index (κ3) is 1.23. The van der Waals surface area contributed by atoms with Gasteiger partial charge in [0.05, 0.1) is 5.70 Å². The monoisotopic (exact) mass is 126 g/mol. The first-order chi connectivity index (χ1) is 4.34. The van der Waals surface area contributed by atoms with Crippen LogP contribution in [-0.2, 0) is 4.84 Å². The highest BCUT2D eigenvalue weighted by Gasteiger charge is 2.04. The van der Waals surface area contributed by atoms with Gasteiger partial charge in [0.1, 0.15) is 5.76 Å². The minimum atomic E-state index is 0.642. The lowest BCUT2D eigenvalue weighted by atomic mass is 10.1. The molecule has 50 valence electrons. The SMILES string of the molecule is NOC1=C(N)C=CCC1. The molecule has 1 rings (SSSR count). The number of hydrogen-bond donors (Lipinski definition) is 2. The second-order valence-electron chi connectivity index (χ2n) is 1.94. The van der Waals surface area contributed by atoms with Crippen molar-refractivity contribution in [2.75, 3.05) is 0 Å². The molecule has 0 atom stereocenters. The zero-order valence-electron chi connectivity index (χ0n) is 5.13. The minimum Gasteiger partial charge on any atom is -0.414 e. The van der Waals surface area contributed by atoms with E-state index in [-0.39, 0.29) is 0 Å². The molecule has 0 fully saturated rings. The summed E-state index contributed by atoms with van der Waals surface area (Å²) < 4.78 is 0. The first-order valence-electron chi connectivity index (χ1n) is 2.86. The second kappa shape index (κ2) is 2.55. The van der Waals surface area contributed by atoms with Crippen LogP contribution in [0.15, 0.2) is 23.6 Å². The van der Waals surface area contributed by atoms with Gasteiger partial charge in [-0.15, -0.1) is 0 Å². The molecule has 3 nitrogen and oxygen atoms in total. The highest BCUT2D eigenvalue weighted by atomic mass is 16.6. The maximum absolute atomic E-state index is 5.48. The van der Waals surface area contributed by atoms with Gasteiger partial charge < -0.3 is 10.6 Å². The van der Waals surface area contributed by atoms with Crippen LogP contribution in [-0.4, -0.2) is 0 Å². The fourth-order valence-electron chi connectivity index (χ4n) is 0.789. The zero-order valence-corrected chi connectivity index (χ0v) is 5.13. The quantitative estimate of drug-likeness (QED) is 0.500. The molecule has 1 aliphatic carbocycles. The minimum absolute atomic E-state index is 0.642. The van der Waals surface area contributed by atoms with Gasteiger partial charge in [-0.05, 0) is 12.5 Å². The van der Waals surface area contributed by atoms with E-state index in [0.717, 1.165) is 12.8 Å². The fourth-order valence-corrected chi connectivity index (χ4v) is 0.789. The van der Waals surface area contributed by atoms with Gasteiger partial charge in [0.2, 0.25) is 0 Å². The third-order valence-corrected chi connectivity index (χ3v) is 1.30. The average Bonchev–Trinajstić information content (AvgIpc) is 1.89. The number of hydrogen-bond acceptors (Lipinski definition) is 3. The van der Waals surface area contributed by atoms with Gasteiger partial charge in [-0.1, -0.05) is 6.08 Å². The molecule has 0 amide bonds. The van der Waals surface area contributed by atoms with E-state index in [1.807, 2.05) is 12.2 Å². The molecular formula is C6H10N2O. The van der Waals surface area contributed by atoms with Gasteiger partial charge in [0.25, 0.3) is 0 Å². The van der Waals surface area contributed by atoms with Crippen molar-refractivity contribution >= 4 is 0 Å². The van der Waals surface area contributed by atoms with Crippen LogP contribution >= 0.6 is 0 Å². The molecule has 4 N–H and O–H groups in total. The average molecular weight is 126 g/mol. The lowest BCUT2D eigenvalue weighted by molar-refractivity contribution is 0.206. The summed E-state index contributed by atoms with van der Waals surface area (Å²) in [7, 11) is 0. The third-order valence-electron chi connectivity index (χ3n) is 1.30. The van der Waals surface area contributed by atoms with Crippen LogP contribution in [0.2, 0.25) is 0 Å². The van der Waals surface area contributed by atoms with Gasteiger partial charge in [0, 0.05) is 6.42 Å². The molecule has 0 spiro atoms. The van der Waals surface area contributed by atoms with Crippen molar-refractivity contribution in [3.8, 4) is 0 Å². The predicted octanol–water partition coefficient (Wildman–Crippen LogP) is 0.397. The summed E-state index contributed by atoms with van der Waals surface area (Å²) in [6, 6.07) is 0. The highest BCUT2D eigenvalue weighted by Crippen LogP contribution is 2.13.